The first kappa shape index (κ1) is 13.4. The second-order valence-corrected chi connectivity index (χ2v) is 6.28. The van der Waals surface area contributed by atoms with Crippen LogP contribution in [0.2, 0.25) is 0 Å². The zero-order valence-corrected chi connectivity index (χ0v) is 12.0. The lowest BCUT2D eigenvalue weighted by molar-refractivity contribution is -0.148. The van der Waals surface area contributed by atoms with Crippen molar-refractivity contribution in [3.63, 3.8) is 0 Å². The summed E-state index contributed by atoms with van der Waals surface area (Å²) in [5.41, 5.74) is 0.612. The van der Waals surface area contributed by atoms with Crippen molar-refractivity contribution in [2.24, 2.45) is 23.7 Å². The lowest BCUT2D eigenvalue weighted by Crippen LogP contribution is -2.37. The van der Waals surface area contributed by atoms with Crippen molar-refractivity contribution in [1.29, 1.82) is 0 Å². The van der Waals surface area contributed by atoms with E-state index in [4.69, 9.17) is 9.47 Å². The smallest absolute Gasteiger partial charge is 0.307 e. The Morgan fingerprint density at radius 2 is 1.82 bits per heavy atom. The fourth-order valence-electron chi connectivity index (χ4n) is 4.22. The minimum atomic E-state index is -0.849. The average Bonchev–Trinajstić information content (AvgIpc) is 3.20. The molecular weight excluding hydrogens is 286 g/mol. The molecule has 116 valence electrons. The minimum Gasteiger partial charge on any atom is -0.481 e. The van der Waals surface area contributed by atoms with Gasteiger partial charge in [0.05, 0.1) is 11.8 Å². The first-order valence-electron chi connectivity index (χ1n) is 7.57. The third-order valence-electron chi connectivity index (χ3n) is 5.14. The molecule has 6 nitrogen and oxygen atoms in total. The number of ether oxygens (including phenoxy) is 2. The van der Waals surface area contributed by atoms with Crippen molar-refractivity contribution in [3.05, 3.63) is 18.2 Å². The van der Waals surface area contributed by atoms with Gasteiger partial charge in [-0.15, -0.1) is 0 Å². The van der Waals surface area contributed by atoms with E-state index in [9.17, 15) is 14.7 Å². The summed E-state index contributed by atoms with van der Waals surface area (Å²) in [6.45, 7) is 0.181. The van der Waals surface area contributed by atoms with Crippen LogP contribution >= 0.6 is 0 Å². The van der Waals surface area contributed by atoms with E-state index in [1.165, 1.54) is 0 Å². The van der Waals surface area contributed by atoms with Gasteiger partial charge in [-0.1, -0.05) is 0 Å². The Hall–Kier alpha value is -2.24. The number of nitrogens with one attached hydrogen (secondary N) is 1. The molecule has 2 fully saturated rings. The number of carbonyl (C=O) groups is 2. The SMILES string of the molecule is O=C(O)[C@@H]1[C@@H]2CC[C@@H](C2)[C@@H]1C(=O)Nc1ccc2c(c1)OCO2. The monoisotopic (exact) mass is 303 g/mol. The lowest BCUT2D eigenvalue weighted by Gasteiger charge is -2.27. The summed E-state index contributed by atoms with van der Waals surface area (Å²) in [7, 11) is 0. The van der Waals surface area contributed by atoms with Gasteiger partial charge in [0.2, 0.25) is 12.7 Å². The van der Waals surface area contributed by atoms with Crippen molar-refractivity contribution >= 4 is 17.6 Å². The first-order chi connectivity index (χ1) is 10.6. The molecule has 1 amide bonds. The van der Waals surface area contributed by atoms with Crippen molar-refractivity contribution in [1.82, 2.24) is 0 Å². The Balaban J connectivity index is 1.53. The molecule has 0 aromatic heterocycles. The number of carboxylic acid groups (broad SMARTS) is 1. The van der Waals surface area contributed by atoms with Crippen LogP contribution in [0.25, 0.3) is 0 Å². The molecule has 22 heavy (non-hydrogen) atoms. The molecule has 6 heteroatoms. The second-order valence-electron chi connectivity index (χ2n) is 6.28. The molecular formula is C16H17NO5. The van der Waals surface area contributed by atoms with Gasteiger partial charge in [-0.05, 0) is 43.2 Å². The molecule has 0 spiro atoms. The molecule has 2 aliphatic carbocycles. The lowest BCUT2D eigenvalue weighted by atomic mass is 9.78. The van der Waals surface area contributed by atoms with Gasteiger partial charge in [0.1, 0.15) is 0 Å². The van der Waals surface area contributed by atoms with Crippen LogP contribution < -0.4 is 14.8 Å². The third-order valence-corrected chi connectivity index (χ3v) is 5.14. The van der Waals surface area contributed by atoms with Gasteiger partial charge in [0, 0.05) is 11.8 Å². The highest BCUT2D eigenvalue weighted by Gasteiger charge is 2.53. The maximum Gasteiger partial charge on any atom is 0.307 e. The van der Waals surface area contributed by atoms with E-state index in [0.717, 1.165) is 19.3 Å². The summed E-state index contributed by atoms with van der Waals surface area (Å²) in [4.78, 5) is 24.1. The highest BCUT2D eigenvalue weighted by molar-refractivity contribution is 5.96. The van der Waals surface area contributed by atoms with Crippen molar-refractivity contribution in [2.75, 3.05) is 12.1 Å². The molecule has 1 aromatic rings. The van der Waals surface area contributed by atoms with Gasteiger partial charge >= 0.3 is 5.97 Å². The van der Waals surface area contributed by atoms with Crippen molar-refractivity contribution in [3.8, 4) is 11.5 Å². The molecule has 0 radical (unpaired) electrons. The molecule has 1 heterocycles. The predicted molar refractivity (Wildman–Crippen MR) is 76.6 cm³/mol. The summed E-state index contributed by atoms with van der Waals surface area (Å²) in [6, 6.07) is 5.20. The zero-order valence-electron chi connectivity index (χ0n) is 12.0. The van der Waals surface area contributed by atoms with Gasteiger partial charge in [-0.25, -0.2) is 0 Å². The van der Waals surface area contributed by atoms with Crippen molar-refractivity contribution < 1.29 is 24.2 Å². The van der Waals surface area contributed by atoms with E-state index in [0.29, 0.717) is 17.2 Å². The molecule has 4 rings (SSSR count). The summed E-state index contributed by atoms with van der Waals surface area (Å²) in [6.07, 6.45) is 2.74. The standard InChI is InChI=1S/C16H17NO5/c18-15(13-8-1-2-9(5-8)14(13)16(19)20)17-10-3-4-11-12(6-10)22-7-21-11/h3-4,6,8-9,13-14H,1-2,5,7H2,(H,17,18)(H,19,20)/t8-,9+,13-,14+/m0/s1. The number of rotatable bonds is 3. The number of aliphatic carboxylic acids is 1. The number of anilines is 1. The number of hydrogen-bond acceptors (Lipinski definition) is 4. The van der Waals surface area contributed by atoms with Crippen LogP contribution in [-0.4, -0.2) is 23.8 Å². The van der Waals surface area contributed by atoms with E-state index in [1.54, 1.807) is 18.2 Å². The number of carbonyl (C=O) groups excluding carboxylic acids is 1. The quantitative estimate of drug-likeness (QED) is 0.893. The third kappa shape index (κ3) is 2.01. The Morgan fingerprint density at radius 1 is 1.09 bits per heavy atom. The maximum atomic E-state index is 12.6. The van der Waals surface area contributed by atoms with Gasteiger partial charge in [-0.2, -0.15) is 0 Å². The van der Waals surface area contributed by atoms with E-state index in [2.05, 4.69) is 5.32 Å². The molecule has 4 atom stereocenters. The van der Waals surface area contributed by atoms with Gasteiger partial charge < -0.3 is 19.9 Å². The molecule has 2 N–H and O–H groups in total. The number of amides is 1. The fourth-order valence-corrected chi connectivity index (χ4v) is 4.22. The Labute approximate surface area is 127 Å². The molecule has 0 unspecified atom stereocenters. The van der Waals surface area contributed by atoms with E-state index < -0.39 is 17.8 Å². The maximum absolute atomic E-state index is 12.6. The molecule has 2 saturated carbocycles. The Bertz CT molecular complexity index is 643. The van der Waals surface area contributed by atoms with Crippen LogP contribution in [0.4, 0.5) is 5.69 Å². The number of hydrogen-bond donors (Lipinski definition) is 2. The number of fused-ring (bicyclic) bond motifs is 3. The van der Waals surface area contributed by atoms with Gasteiger partial charge in [-0.3, -0.25) is 9.59 Å². The summed E-state index contributed by atoms with van der Waals surface area (Å²) in [5, 5.41) is 12.3. The second kappa shape index (κ2) is 4.90. The number of carboxylic acids is 1. The molecule has 1 aromatic carbocycles. The average molecular weight is 303 g/mol. The van der Waals surface area contributed by atoms with Crippen molar-refractivity contribution in [2.45, 2.75) is 19.3 Å². The molecule has 1 aliphatic heterocycles. The van der Waals surface area contributed by atoms with E-state index in [1.807, 2.05) is 0 Å². The highest BCUT2D eigenvalue weighted by Crippen LogP contribution is 2.52. The van der Waals surface area contributed by atoms with Crippen LogP contribution in [0.3, 0.4) is 0 Å². The Morgan fingerprint density at radius 3 is 2.59 bits per heavy atom. The molecule has 3 aliphatic rings. The Kier molecular flexibility index (Phi) is 2.99. The normalized spacial score (nSPS) is 31.3. The summed E-state index contributed by atoms with van der Waals surface area (Å²) < 4.78 is 10.5. The first-order valence-corrected chi connectivity index (χ1v) is 7.57. The number of benzene rings is 1. The van der Waals surface area contributed by atoms with Crippen LogP contribution in [-0.2, 0) is 9.59 Å². The molecule has 2 bridgehead atoms. The largest absolute Gasteiger partial charge is 0.481 e. The predicted octanol–water partition coefficient (Wildman–Crippen LogP) is 2.10. The van der Waals surface area contributed by atoms with Crippen LogP contribution in [0.15, 0.2) is 18.2 Å². The van der Waals surface area contributed by atoms with Gasteiger partial charge in [0.15, 0.2) is 11.5 Å². The summed E-state index contributed by atoms with van der Waals surface area (Å²) in [5.74, 6) is -0.428. The van der Waals surface area contributed by atoms with E-state index in [-0.39, 0.29) is 24.5 Å². The van der Waals surface area contributed by atoms with Crippen LogP contribution in [0.1, 0.15) is 19.3 Å². The zero-order chi connectivity index (χ0) is 15.3. The van der Waals surface area contributed by atoms with Crippen LogP contribution in [0, 0.1) is 23.7 Å². The minimum absolute atomic E-state index is 0.148. The van der Waals surface area contributed by atoms with E-state index >= 15 is 0 Å². The molecule has 0 saturated heterocycles. The highest BCUT2D eigenvalue weighted by atomic mass is 16.7. The summed E-state index contributed by atoms with van der Waals surface area (Å²) >= 11 is 0. The topological polar surface area (TPSA) is 84.9 Å². The van der Waals surface area contributed by atoms with Gasteiger partial charge in [0.25, 0.3) is 0 Å². The fraction of sp³-hybridized carbons (Fsp3) is 0.500. The van der Waals surface area contributed by atoms with Crippen LogP contribution in [0.5, 0.6) is 11.5 Å².